The van der Waals surface area contributed by atoms with Gasteiger partial charge in [-0.1, -0.05) is 5.92 Å². The average Bonchev–Trinajstić information content (AvgIpc) is 3.38. The van der Waals surface area contributed by atoms with Crippen LogP contribution in [0.1, 0.15) is 50.6 Å². The van der Waals surface area contributed by atoms with Crippen molar-refractivity contribution in [1.82, 2.24) is 35.1 Å². The van der Waals surface area contributed by atoms with Crippen LogP contribution in [0.4, 0.5) is 10.6 Å². The zero-order chi connectivity index (χ0) is 28.7. The van der Waals surface area contributed by atoms with E-state index in [9.17, 15) is 24.6 Å². The Morgan fingerprint density at radius 3 is 2.68 bits per heavy atom. The molecule has 218 valence electrons. The molecule has 2 aromatic rings. The Kier molecular flexibility index (Phi) is 7.37. The molecule has 3 saturated heterocycles. The molecule has 3 aliphatic heterocycles. The molecule has 41 heavy (non-hydrogen) atoms. The van der Waals surface area contributed by atoms with E-state index in [0.717, 1.165) is 25.7 Å². The molecule has 1 aliphatic carbocycles. The second kappa shape index (κ2) is 11.1. The van der Waals surface area contributed by atoms with E-state index in [2.05, 4.69) is 37.4 Å². The number of anilines is 1. The lowest BCUT2D eigenvalue weighted by Crippen LogP contribution is -2.43. The molecule has 6 rings (SSSR count). The summed E-state index contributed by atoms with van der Waals surface area (Å²) in [6, 6.07) is 0.0775. The molecule has 6 N–H and O–H groups in total. The summed E-state index contributed by atoms with van der Waals surface area (Å²) in [5, 5.41) is 26.6. The molecule has 1 saturated carbocycles. The normalized spacial score (nSPS) is 28.3. The van der Waals surface area contributed by atoms with E-state index in [-0.39, 0.29) is 47.1 Å². The molecule has 0 spiro atoms. The molecule has 0 radical (unpaired) electrons. The Morgan fingerprint density at radius 2 is 1.98 bits per heavy atom. The molecule has 5 unspecified atom stereocenters. The number of aromatic nitrogens is 4. The van der Waals surface area contributed by atoms with E-state index < -0.39 is 42.6 Å². The van der Waals surface area contributed by atoms with Crippen LogP contribution in [0.2, 0.25) is 0 Å². The van der Waals surface area contributed by atoms with Crippen molar-refractivity contribution < 1.29 is 34.1 Å². The minimum Gasteiger partial charge on any atom is -0.444 e. The maximum atomic E-state index is 12.5. The van der Waals surface area contributed by atoms with Gasteiger partial charge in [-0.05, 0) is 37.5 Å². The molecular formula is C26H32N8O7. The summed E-state index contributed by atoms with van der Waals surface area (Å²) in [6.45, 7) is 1.44. The van der Waals surface area contributed by atoms with Gasteiger partial charge in [0.05, 0.1) is 19.3 Å². The van der Waals surface area contributed by atoms with Crippen molar-refractivity contribution in [2.75, 3.05) is 25.4 Å². The fraction of sp³-hybridized carbons (Fsp3) is 0.615. The number of likely N-dealkylation sites (tertiary alicyclic amines) is 1. The van der Waals surface area contributed by atoms with Crippen molar-refractivity contribution in [2.45, 2.75) is 75.2 Å². The summed E-state index contributed by atoms with van der Waals surface area (Å²) >= 11 is 0. The molecule has 15 heteroatoms. The lowest BCUT2D eigenvalue weighted by atomic mass is 9.94. The molecule has 4 aliphatic rings. The molecule has 0 aromatic carbocycles. The monoisotopic (exact) mass is 568 g/mol. The fourth-order valence-electron chi connectivity index (χ4n) is 5.27. The summed E-state index contributed by atoms with van der Waals surface area (Å²) in [5.74, 6) is 5.98. The van der Waals surface area contributed by atoms with Gasteiger partial charge in [-0.25, -0.2) is 19.7 Å². The van der Waals surface area contributed by atoms with Crippen LogP contribution in [0.3, 0.4) is 0 Å². The van der Waals surface area contributed by atoms with E-state index in [4.69, 9.17) is 15.2 Å². The Hall–Kier alpha value is -4.00. The largest absolute Gasteiger partial charge is 0.444 e. The second-order valence-corrected chi connectivity index (χ2v) is 10.9. The number of hydrogen-bond acceptors (Lipinski definition) is 11. The number of carbonyl (C=O) groups is 3. The van der Waals surface area contributed by atoms with Gasteiger partial charge >= 0.3 is 6.09 Å². The summed E-state index contributed by atoms with van der Waals surface area (Å²) in [4.78, 5) is 50.8. The number of aliphatic hydroxyl groups is 2. The fourth-order valence-corrected chi connectivity index (χ4v) is 5.27. The number of fused-ring (bicyclic) bond motifs is 1. The number of amides is 3. The first kappa shape index (κ1) is 27.2. The van der Waals surface area contributed by atoms with Gasteiger partial charge < -0.3 is 41.0 Å². The van der Waals surface area contributed by atoms with Gasteiger partial charge in [0.25, 0.3) is 5.91 Å². The van der Waals surface area contributed by atoms with Gasteiger partial charge in [0.2, 0.25) is 11.7 Å². The Labute approximate surface area is 234 Å². The molecule has 0 bridgehead atoms. The number of nitrogens with zero attached hydrogens (tertiary/aromatic N) is 5. The minimum atomic E-state index is -1.42. The number of nitrogens with two attached hydrogens (primary N) is 1. The van der Waals surface area contributed by atoms with Crippen LogP contribution in [0.15, 0.2) is 6.33 Å². The van der Waals surface area contributed by atoms with E-state index >= 15 is 0 Å². The van der Waals surface area contributed by atoms with Gasteiger partial charge in [-0.15, -0.1) is 0 Å². The number of imidazole rings is 1. The highest BCUT2D eigenvalue weighted by Crippen LogP contribution is 2.33. The molecule has 5 heterocycles. The Bertz CT molecular complexity index is 1410. The van der Waals surface area contributed by atoms with Gasteiger partial charge in [0.1, 0.15) is 23.8 Å². The highest BCUT2D eigenvalue weighted by Gasteiger charge is 2.48. The van der Waals surface area contributed by atoms with Crippen LogP contribution in [0.25, 0.3) is 11.2 Å². The van der Waals surface area contributed by atoms with Crippen LogP contribution in [0, 0.1) is 17.8 Å². The summed E-state index contributed by atoms with van der Waals surface area (Å²) in [7, 11) is 0. The number of rotatable bonds is 5. The van der Waals surface area contributed by atoms with Crippen LogP contribution >= 0.6 is 0 Å². The van der Waals surface area contributed by atoms with Gasteiger partial charge in [0.15, 0.2) is 23.8 Å². The zero-order valence-electron chi connectivity index (χ0n) is 22.2. The number of carbonyl (C=O) groups excluding carboxylic acids is 3. The molecule has 5 atom stereocenters. The second-order valence-electron chi connectivity index (χ2n) is 10.9. The highest BCUT2D eigenvalue weighted by molar-refractivity contribution is 5.83. The molecular weight excluding hydrogens is 536 g/mol. The van der Waals surface area contributed by atoms with E-state index in [1.54, 1.807) is 4.90 Å². The number of piperidine rings is 1. The van der Waals surface area contributed by atoms with Crippen LogP contribution < -0.4 is 16.4 Å². The third kappa shape index (κ3) is 5.76. The van der Waals surface area contributed by atoms with Crippen molar-refractivity contribution in [1.29, 1.82) is 0 Å². The third-order valence-electron chi connectivity index (χ3n) is 7.81. The van der Waals surface area contributed by atoms with Crippen molar-refractivity contribution in [2.24, 2.45) is 5.92 Å². The minimum absolute atomic E-state index is 0.0775. The zero-order valence-corrected chi connectivity index (χ0v) is 22.2. The first-order valence-electron chi connectivity index (χ1n) is 13.8. The maximum Gasteiger partial charge on any atom is 0.410 e. The summed E-state index contributed by atoms with van der Waals surface area (Å²) in [6.07, 6.45) is -0.564. The van der Waals surface area contributed by atoms with Crippen LogP contribution in [0.5, 0.6) is 0 Å². The lowest BCUT2D eigenvalue weighted by molar-refractivity contribution is -0.137. The lowest BCUT2D eigenvalue weighted by Gasteiger charge is -2.31. The van der Waals surface area contributed by atoms with Crippen molar-refractivity contribution >= 4 is 34.9 Å². The molecule has 15 nitrogen and oxygen atoms in total. The number of hydrogen-bond donors (Lipinski definition) is 5. The van der Waals surface area contributed by atoms with Crippen molar-refractivity contribution in [3.63, 3.8) is 0 Å². The molecule has 3 amide bonds. The third-order valence-corrected chi connectivity index (χ3v) is 7.81. The van der Waals surface area contributed by atoms with Crippen LogP contribution in [-0.2, 0) is 19.1 Å². The smallest absolute Gasteiger partial charge is 0.410 e. The van der Waals surface area contributed by atoms with Gasteiger partial charge in [-0.2, -0.15) is 0 Å². The van der Waals surface area contributed by atoms with Crippen molar-refractivity contribution in [3.05, 3.63) is 12.2 Å². The number of nitrogens with one attached hydrogen (secondary N) is 2. The number of nitrogen functional groups attached to an aromatic ring is 1. The number of aliphatic hydroxyl groups excluding tert-OH is 2. The van der Waals surface area contributed by atoms with E-state index in [0.29, 0.717) is 26.1 Å². The van der Waals surface area contributed by atoms with E-state index in [1.807, 2.05) is 0 Å². The predicted molar refractivity (Wildman–Crippen MR) is 141 cm³/mol. The quantitative estimate of drug-likeness (QED) is 0.270. The Morgan fingerprint density at radius 1 is 1.20 bits per heavy atom. The topological polar surface area (TPSA) is 207 Å². The first-order chi connectivity index (χ1) is 19.8. The average molecular weight is 569 g/mol. The van der Waals surface area contributed by atoms with E-state index in [1.165, 1.54) is 10.9 Å². The van der Waals surface area contributed by atoms with Gasteiger partial charge in [-0.3, -0.25) is 14.2 Å². The SMILES string of the molecule is Nc1nc(C#CCC2CCN(C(=O)OC3CNC(=O)C3)CC2)nc2c1ncn2C1OC(C(=O)NC2CC2)C(O)C1O. The summed E-state index contributed by atoms with van der Waals surface area (Å²) < 4.78 is 12.6. The molecule has 4 fully saturated rings. The highest BCUT2D eigenvalue weighted by atomic mass is 16.6. The number of ether oxygens (including phenoxy) is 2. The van der Waals surface area contributed by atoms with Crippen LogP contribution in [-0.4, -0.2) is 103 Å². The summed E-state index contributed by atoms with van der Waals surface area (Å²) in [5.41, 5.74) is 6.65. The predicted octanol–water partition coefficient (Wildman–Crippen LogP) is -1.21. The first-order valence-corrected chi connectivity index (χ1v) is 13.8. The molecule has 2 aromatic heterocycles. The van der Waals surface area contributed by atoms with Gasteiger partial charge in [0, 0.05) is 25.6 Å². The standard InChI is InChI=1S/C26H32N8O7/c27-22-18-23(34(12-29-18)25-20(37)19(36)21(41-25)24(38)30-14-4-5-14)32-16(31-22)3-1-2-13-6-8-33(9-7-13)26(39)40-15-10-17(35)28-11-15/h12-15,19-21,25,36-37H,2,4-11H2,(H,28,35)(H,30,38)(H2,27,31,32). The Balaban J connectivity index is 1.08. The maximum absolute atomic E-state index is 12.5. The van der Waals surface area contributed by atoms with Crippen molar-refractivity contribution in [3.8, 4) is 11.8 Å².